The predicted octanol–water partition coefficient (Wildman–Crippen LogP) is 2.89. The maximum absolute atomic E-state index is 12.6. The van der Waals surface area contributed by atoms with Crippen molar-refractivity contribution in [3.05, 3.63) is 60.2 Å². The van der Waals surface area contributed by atoms with Crippen LogP contribution < -0.4 is 16.0 Å². The highest BCUT2D eigenvalue weighted by Crippen LogP contribution is 2.18. The summed E-state index contributed by atoms with van der Waals surface area (Å²) in [4.78, 5) is 26.3. The van der Waals surface area contributed by atoms with E-state index in [1.807, 2.05) is 30.3 Å². The van der Waals surface area contributed by atoms with E-state index in [0.29, 0.717) is 11.3 Å². The summed E-state index contributed by atoms with van der Waals surface area (Å²) in [6, 6.07) is 16.1. The Bertz CT molecular complexity index is 714. The molecule has 0 fully saturated rings. The van der Waals surface area contributed by atoms with E-state index in [0.717, 1.165) is 5.69 Å². The van der Waals surface area contributed by atoms with Crippen molar-refractivity contribution in [1.82, 2.24) is 0 Å². The van der Waals surface area contributed by atoms with Crippen molar-refractivity contribution < 1.29 is 9.59 Å². The van der Waals surface area contributed by atoms with Gasteiger partial charge in [0.15, 0.2) is 0 Å². The minimum Gasteiger partial charge on any atom is -0.327 e. The van der Waals surface area contributed by atoms with Gasteiger partial charge in [0.2, 0.25) is 5.91 Å². The molecule has 0 saturated carbocycles. The van der Waals surface area contributed by atoms with Gasteiger partial charge in [0.1, 0.15) is 0 Å². The van der Waals surface area contributed by atoms with Crippen LogP contribution in [0.3, 0.4) is 0 Å². The second-order valence-electron chi connectivity index (χ2n) is 5.92. The van der Waals surface area contributed by atoms with Crippen LogP contribution in [0.15, 0.2) is 54.6 Å². The van der Waals surface area contributed by atoms with E-state index in [1.54, 1.807) is 50.1 Å². The number of hydrogen-bond acceptors (Lipinski definition) is 3. The van der Waals surface area contributed by atoms with Gasteiger partial charge in [0.05, 0.1) is 5.92 Å². The van der Waals surface area contributed by atoms with Crippen LogP contribution in [-0.2, 0) is 4.79 Å². The maximum Gasteiger partial charge on any atom is 0.258 e. The lowest BCUT2D eigenvalue weighted by Gasteiger charge is -2.18. The fraction of sp³-hybridized carbons (Fsp3) is 0.263. The SMILES string of the molecule is CC(N)C(C)C(=O)Nc1cccc(C(=O)N(C)c2ccccc2)c1. The predicted molar refractivity (Wildman–Crippen MR) is 97.1 cm³/mol. The summed E-state index contributed by atoms with van der Waals surface area (Å²) in [5.74, 6) is -0.611. The zero-order chi connectivity index (χ0) is 17.7. The molecule has 0 aliphatic rings. The number of para-hydroxylation sites is 1. The van der Waals surface area contributed by atoms with Crippen LogP contribution in [0, 0.1) is 5.92 Å². The Morgan fingerprint density at radius 1 is 1.04 bits per heavy atom. The molecule has 24 heavy (non-hydrogen) atoms. The molecule has 0 aromatic heterocycles. The molecule has 0 bridgehead atoms. The first-order valence-electron chi connectivity index (χ1n) is 7.89. The van der Waals surface area contributed by atoms with Crippen LogP contribution in [0.2, 0.25) is 0 Å². The lowest BCUT2D eigenvalue weighted by Crippen LogP contribution is -2.34. The zero-order valence-corrected chi connectivity index (χ0v) is 14.2. The number of rotatable bonds is 5. The Morgan fingerprint density at radius 2 is 1.71 bits per heavy atom. The minimum absolute atomic E-state index is 0.141. The van der Waals surface area contributed by atoms with Gasteiger partial charge in [-0.05, 0) is 37.3 Å². The lowest BCUT2D eigenvalue weighted by atomic mass is 10.0. The van der Waals surface area contributed by atoms with Gasteiger partial charge in [-0.1, -0.05) is 31.2 Å². The van der Waals surface area contributed by atoms with Gasteiger partial charge in [-0.3, -0.25) is 9.59 Å². The number of anilines is 2. The number of carbonyl (C=O) groups is 2. The van der Waals surface area contributed by atoms with Crippen molar-refractivity contribution in [3.8, 4) is 0 Å². The summed E-state index contributed by atoms with van der Waals surface area (Å²) in [5.41, 5.74) is 7.65. The smallest absolute Gasteiger partial charge is 0.258 e. The summed E-state index contributed by atoms with van der Waals surface area (Å²) in [7, 11) is 1.72. The van der Waals surface area contributed by atoms with Crippen molar-refractivity contribution in [2.24, 2.45) is 11.7 Å². The van der Waals surface area contributed by atoms with E-state index in [9.17, 15) is 9.59 Å². The van der Waals surface area contributed by atoms with Gasteiger partial charge in [-0.2, -0.15) is 0 Å². The van der Waals surface area contributed by atoms with E-state index in [2.05, 4.69) is 5.32 Å². The fourth-order valence-electron chi connectivity index (χ4n) is 2.19. The highest BCUT2D eigenvalue weighted by atomic mass is 16.2. The Hall–Kier alpha value is -2.66. The van der Waals surface area contributed by atoms with Crippen LogP contribution in [0.1, 0.15) is 24.2 Å². The number of nitrogens with one attached hydrogen (secondary N) is 1. The van der Waals surface area contributed by atoms with Crippen LogP contribution in [-0.4, -0.2) is 24.9 Å². The Labute approximate surface area is 142 Å². The first kappa shape index (κ1) is 17.7. The highest BCUT2D eigenvalue weighted by molar-refractivity contribution is 6.06. The monoisotopic (exact) mass is 325 g/mol. The normalized spacial score (nSPS) is 13.0. The molecule has 0 aliphatic carbocycles. The first-order valence-corrected chi connectivity index (χ1v) is 7.89. The van der Waals surface area contributed by atoms with Gasteiger partial charge in [0, 0.05) is 30.0 Å². The molecule has 2 amide bonds. The first-order chi connectivity index (χ1) is 11.4. The standard InChI is InChI=1S/C19H23N3O2/c1-13(14(2)20)18(23)21-16-9-7-8-15(12-16)19(24)22(3)17-10-5-4-6-11-17/h4-14H,20H2,1-3H3,(H,21,23). The van der Waals surface area contributed by atoms with Crippen molar-refractivity contribution in [2.45, 2.75) is 19.9 Å². The molecule has 3 N–H and O–H groups in total. The van der Waals surface area contributed by atoms with Gasteiger partial charge in [-0.15, -0.1) is 0 Å². The molecule has 126 valence electrons. The van der Waals surface area contributed by atoms with E-state index >= 15 is 0 Å². The molecule has 0 heterocycles. The maximum atomic E-state index is 12.6. The quantitative estimate of drug-likeness (QED) is 0.887. The van der Waals surface area contributed by atoms with Crippen molar-refractivity contribution >= 4 is 23.2 Å². The average Bonchev–Trinajstić information content (AvgIpc) is 2.60. The molecular formula is C19H23N3O2. The Balaban J connectivity index is 2.15. The number of benzene rings is 2. The fourth-order valence-corrected chi connectivity index (χ4v) is 2.19. The zero-order valence-electron chi connectivity index (χ0n) is 14.2. The van der Waals surface area contributed by atoms with Crippen LogP contribution in [0.4, 0.5) is 11.4 Å². The molecule has 0 aliphatic heterocycles. The molecule has 0 spiro atoms. The van der Waals surface area contributed by atoms with E-state index in [4.69, 9.17) is 5.73 Å². The molecular weight excluding hydrogens is 302 g/mol. The molecule has 2 rings (SSSR count). The molecule has 0 saturated heterocycles. The third-order valence-electron chi connectivity index (χ3n) is 4.03. The van der Waals surface area contributed by atoms with Crippen LogP contribution >= 0.6 is 0 Å². The third-order valence-corrected chi connectivity index (χ3v) is 4.03. The summed E-state index contributed by atoms with van der Waals surface area (Å²) in [5, 5.41) is 2.81. The Morgan fingerprint density at radius 3 is 2.33 bits per heavy atom. The highest BCUT2D eigenvalue weighted by Gasteiger charge is 2.18. The van der Waals surface area contributed by atoms with Gasteiger partial charge in [-0.25, -0.2) is 0 Å². The number of carbonyl (C=O) groups excluding carboxylic acids is 2. The second-order valence-corrected chi connectivity index (χ2v) is 5.92. The minimum atomic E-state index is -0.309. The number of nitrogens with two attached hydrogens (primary N) is 1. The summed E-state index contributed by atoms with van der Waals surface area (Å²) in [6.45, 7) is 3.57. The molecule has 2 unspecified atom stereocenters. The van der Waals surface area contributed by atoms with Crippen molar-refractivity contribution in [3.63, 3.8) is 0 Å². The molecule has 2 aromatic carbocycles. The molecule has 5 nitrogen and oxygen atoms in total. The van der Waals surface area contributed by atoms with Gasteiger partial charge < -0.3 is 16.0 Å². The summed E-state index contributed by atoms with van der Waals surface area (Å²) in [6.07, 6.45) is 0. The van der Waals surface area contributed by atoms with Crippen LogP contribution in [0.5, 0.6) is 0 Å². The van der Waals surface area contributed by atoms with Gasteiger partial charge in [0.25, 0.3) is 5.91 Å². The van der Waals surface area contributed by atoms with Gasteiger partial charge >= 0.3 is 0 Å². The topological polar surface area (TPSA) is 75.4 Å². The molecule has 0 radical (unpaired) electrons. The average molecular weight is 325 g/mol. The Kier molecular flexibility index (Phi) is 5.71. The summed E-state index contributed by atoms with van der Waals surface area (Å²) >= 11 is 0. The lowest BCUT2D eigenvalue weighted by molar-refractivity contribution is -0.119. The van der Waals surface area contributed by atoms with E-state index in [1.165, 1.54) is 0 Å². The second kappa shape index (κ2) is 7.75. The van der Waals surface area contributed by atoms with Crippen molar-refractivity contribution in [1.29, 1.82) is 0 Å². The summed E-state index contributed by atoms with van der Waals surface area (Å²) < 4.78 is 0. The number of hydrogen-bond donors (Lipinski definition) is 2. The largest absolute Gasteiger partial charge is 0.327 e. The van der Waals surface area contributed by atoms with E-state index < -0.39 is 0 Å². The molecule has 5 heteroatoms. The number of nitrogens with zero attached hydrogens (tertiary/aromatic N) is 1. The molecule has 2 atom stereocenters. The molecule has 2 aromatic rings. The third kappa shape index (κ3) is 4.20. The number of amides is 2. The van der Waals surface area contributed by atoms with Crippen LogP contribution in [0.25, 0.3) is 0 Å². The van der Waals surface area contributed by atoms with Crippen molar-refractivity contribution in [2.75, 3.05) is 17.3 Å². The van der Waals surface area contributed by atoms with E-state index in [-0.39, 0.29) is 23.8 Å².